The minimum atomic E-state index is -3.40. The molecule has 0 aromatic carbocycles. The van der Waals surface area contributed by atoms with Crippen LogP contribution < -0.4 is 0 Å². The van der Waals surface area contributed by atoms with Gasteiger partial charge in [0.25, 0.3) is 0 Å². The molecule has 1 aromatic rings. The molecule has 1 aliphatic carbocycles. The van der Waals surface area contributed by atoms with E-state index < -0.39 is 14.6 Å². The van der Waals surface area contributed by atoms with Crippen LogP contribution >= 0.6 is 11.3 Å². The van der Waals surface area contributed by atoms with Gasteiger partial charge in [-0.25, -0.2) is 8.42 Å². The summed E-state index contributed by atoms with van der Waals surface area (Å²) in [5.74, 6) is -0.239. The number of nitrogens with zero attached hydrogens (tertiary/aromatic N) is 1. The normalized spacial score (nSPS) is 28.2. The van der Waals surface area contributed by atoms with Gasteiger partial charge in [0.05, 0.1) is 12.6 Å². The van der Waals surface area contributed by atoms with Gasteiger partial charge in [0.15, 0.2) is 14.6 Å². The van der Waals surface area contributed by atoms with Gasteiger partial charge in [-0.1, -0.05) is 0 Å². The molecule has 3 rings (SSSR count). The number of amides is 1. The van der Waals surface area contributed by atoms with Crippen LogP contribution in [0.5, 0.6) is 0 Å². The first-order valence-corrected chi connectivity index (χ1v) is 10.3. The molecular weight excluding hydrogens is 322 g/mol. The fourth-order valence-corrected chi connectivity index (χ4v) is 5.47. The standard InChI is InChI=1S/C15H21NO4S2/c1-11-8-16(9-13(20-11)12-4-7-21-10-12)14(17)15(5-3-6-15)22(2,18)19/h4,7,10-11,13H,3,5-6,8-9H2,1-2H3/t11-,13+/m0/s1. The van der Waals surface area contributed by atoms with Gasteiger partial charge >= 0.3 is 0 Å². The Kier molecular flexibility index (Phi) is 4.07. The second kappa shape index (κ2) is 5.62. The maximum Gasteiger partial charge on any atom is 0.244 e. The summed E-state index contributed by atoms with van der Waals surface area (Å²) in [6.45, 7) is 2.81. The third-order valence-electron chi connectivity index (χ3n) is 4.72. The van der Waals surface area contributed by atoms with E-state index in [1.165, 1.54) is 6.26 Å². The third-order valence-corrected chi connectivity index (χ3v) is 7.43. The van der Waals surface area contributed by atoms with Crippen LogP contribution in [0.4, 0.5) is 0 Å². The lowest BCUT2D eigenvalue weighted by atomic mass is 9.82. The van der Waals surface area contributed by atoms with Crippen molar-refractivity contribution in [2.24, 2.45) is 0 Å². The monoisotopic (exact) mass is 343 g/mol. The Morgan fingerprint density at radius 3 is 2.64 bits per heavy atom. The van der Waals surface area contributed by atoms with E-state index >= 15 is 0 Å². The highest BCUT2D eigenvalue weighted by atomic mass is 32.2. The zero-order valence-electron chi connectivity index (χ0n) is 12.8. The number of ether oxygens (including phenoxy) is 1. The van der Waals surface area contributed by atoms with E-state index in [2.05, 4.69) is 0 Å². The van der Waals surface area contributed by atoms with Gasteiger partial charge in [0.1, 0.15) is 6.10 Å². The minimum Gasteiger partial charge on any atom is -0.367 e. The Bertz CT molecular complexity index is 649. The van der Waals surface area contributed by atoms with Crippen LogP contribution in [0.2, 0.25) is 0 Å². The molecule has 22 heavy (non-hydrogen) atoms. The number of hydrogen-bond acceptors (Lipinski definition) is 5. The Labute approximate surface area is 135 Å². The van der Waals surface area contributed by atoms with Gasteiger partial charge in [-0.2, -0.15) is 11.3 Å². The minimum absolute atomic E-state index is 0.0979. The summed E-state index contributed by atoms with van der Waals surface area (Å²) in [7, 11) is -3.40. The highest BCUT2D eigenvalue weighted by Crippen LogP contribution is 2.41. The SMILES string of the molecule is C[C@H]1CN(C(=O)C2(S(C)(=O)=O)CCC2)C[C@H](c2ccsc2)O1. The summed E-state index contributed by atoms with van der Waals surface area (Å²) >= 11 is 1.59. The molecule has 0 radical (unpaired) electrons. The van der Waals surface area contributed by atoms with E-state index in [1.54, 1.807) is 16.2 Å². The molecule has 2 heterocycles. The number of carbonyl (C=O) groups excluding carboxylic acids is 1. The van der Waals surface area contributed by atoms with Crippen molar-refractivity contribution in [3.05, 3.63) is 22.4 Å². The first kappa shape index (κ1) is 16.0. The van der Waals surface area contributed by atoms with Crippen molar-refractivity contribution in [3.8, 4) is 0 Å². The second-order valence-corrected chi connectivity index (χ2v) is 9.43. The molecule has 7 heteroatoms. The largest absolute Gasteiger partial charge is 0.367 e. The van der Waals surface area contributed by atoms with Crippen molar-refractivity contribution < 1.29 is 17.9 Å². The van der Waals surface area contributed by atoms with Crippen LogP contribution in [0.25, 0.3) is 0 Å². The highest BCUT2D eigenvalue weighted by molar-refractivity contribution is 7.93. The average Bonchev–Trinajstić information content (AvgIpc) is 2.88. The molecule has 1 saturated carbocycles. The number of hydrogen-bond donors (Lipinski definition) is 0. The van der Waals surface area contributed by atoms with Gasteiger partial charge in [0.2, 0.25) is 5.91 Å². The van der Waals surface area contributed by atoms with Gasteiger partial charge in [-0.15, -0.1) is 0 Å². The average molecular weight is 343 g/mol. The van der Waals surface area contributed by atoms with Crippen molar-refractivity contribution in [3.63, 3.8) is 0 Å². The molecule has 122 valence electrons. The second-order valence-electron chi connectivity index (χ2n) is 6.32. The number of sulfone groups is 1. The van der Waals surface area contributed by atoms with Gasteiger partial charge in [-0.3, -0.25) is 4.79 Å². The van der Waals surface area contributed by atoms with E-state index in [0.29, 0.717) is 25.9 Å². The van der Waals surface area contributed by atoms with Gasteiger partial charge in [0, 0.05) is 12.8 Å². The van der Waals surface area contributed by atoms with Crippen molar-refractivity contribution in [2.75, 3.05) is 19.3 Å². The van der Waals surface area contributed by atoms with Crippen molar-refractivity contribution >= 4 is 27.1 Å². The molecule has 0 spiro atoms. The molecule has 5 nitrogen and oxygen atoms in total. The van der Waals surface area contributed by atoms with E-state index in [9.17, 15) is 13.2 Å². The Hall–Kier alpha value is -0.920. The first-order chi connectivity index (χ1) is 10.3. The highest BCUT2D eigenvalue weighted by Gasteiger charge is 2.55. The summed E-state index contributed by atoms with van der Waals surface area (Å²) in [6, 6.07) is 1.99. The van der Waals surface area contributed by atoms with Crippen LogP contribution in [0, 0.1) is 0 Å². The number of morpholine rings is 1. The van der Waals surface area contributed by atoms with Crippen molar-refractivity contribution in [1.82, 2.24) is 4.90 Å². The molecule has 2 aliphatic rings. The smallest absolute Gasteiger partial charge is 0.244 e. The maximum absolute atomic E-state index is 12.9. The molecule has 0 unspecified atom stereocenters. The van der Waals surface area contributed by atoms with Crippen molar-refractivity contribution in [2.45, 2.75) is 43.1 Å². The zero-order chi connectivity index (χ0) is 16.0. The van der Waals surface area contributed by atoms with Crippen LogP contribution in [0.15, 0.2) is 16.8 Å². The van der Waals surface area contributed by atoms with Gasteiger partial charge < -0.3 is 9.64 Å². The summed E-state index contributed by atoms with van der Waals surface area (Å²) in [6.07, 6.45) is 2.60. The number of thiophene rings is 1. The molecule has 1 saturated heterocycles. The number of carbonyl (C=O) groups is 1. The Balaban J connectivity index is 1.83. The molecule has 0 N–H and O–H groups in total. The molecular formula is C15H21NO4S2. The predicted octanol–water partition coefficient (Wildman–Crippen LogP) is 2.00. The molecule has 1 aliphatic heterocycles. The third kappa shape index (κ3) is 2.59. The molecule has 1 amide bonds. The molecule has 2 fully saturated rings. The summed E-state index contributed by atoms with van der Waals surface area (Å²) in [5, 5.41) is 4.00. The fourth-order valence-electron chi connectivity index (χ4n) is 3.29. The lowest BCUT2D eigenvalue weighted by molar-refractivity contribution is -0.149. The van der Waals surface area contributed by atoms with Crippen molar-refractivity contribution in [1.29, 1.82) is 0 Å². The molecule has 2 atom stereocenters. The fraction of sp³-hybridized carbons (Fsp3) is 0.667. The van der Waals surface area contributed by atoms with E-state index in [4.69, 9.17) is 4.74 Å². The Morgan fingerprint density at radius 2 is 2.14 bits per heavy atom. The Morgan fingerprint density at radius 1 is 1.41 bits per heavy atom. The van der Waals surface area contributed by atoms with Crippen LogP contribution in [0.3, 0.4) is 0 Å². The van der Waals surface area contributed by atoms with Gasteiger partial charge in [-0.05, 0) is 48.6 Å². The summed E-state index contributed by atoms with van der Waals surface area (Å²) in [4.78, 5) is 14.6. The first-order valence-electron chi connectivity index (χ1n) is 7.50. The summed E-state index contributed by atoms with van der Waals surface area (Å²) in [5.41, 5.74) is 1.05. The zero-order valence-corrected chi connectivity index (χ0v) is 14.5. The van der Waals surface area contributed by atoms with E-state index in [1.807, 2.05) is 23.8 Å². The van der Waals surface area contributed by atoms with E-state index in [0.717, 1.165) is 12.0 Å². The lowest BCUT2D eigenvalue weighted by Gasteiger charge is -2.45. The predicted molar refractivity (Wildman–Crippen MR) is 85.6 cm³/mol. The topological polar surface area (TPSA) is 63.7 Å². The van der Waals surface area contributed by atoms with Crippen LogP contribution in [-0.2, 0) is 19.4 Å². The number of rotatable bonds is 3. The maximum atomic E-state index is 12.9. The van der Waals surface area contributed by atoms with Crippen LogP contribution in [0.1, 0.15) is 37.9 Å². The van der Waals surface area contributed by atoms with E-state index in [-0.39, 0.29) is 18.1 Å². The summed E-state index contributed by atoms with van der Waals surface area (Å²) < 4.78 is 29.0. The lowest BCUT2D eigenvalue weighted by Crippen LogP contribution is -2.60. The van der Waals surface area contributed by atoms with Crippen LogP contribution in [-0.4, -0.2) is 49.4 Å². The quantitative estimate of drug-likeness (QED) is 0.842. The molecule has 1 aromatic heterocycles. The molecule has 0 bridgehead atoms.